The van der Waals surface area contributed by atoms with E-state index in [1.54, 1.807) is 0 Å². The highest BCUT2D eigenvalue weighted by atomic mass is 16.3. The number of aliphatic hydroxyl groups excluding tert-OH is 1. The second-order valence-corrected chi connectivity index (χ2v) is 9.85. The van der Waals surface area contributed by atoms with Crippen molar-refractivity contribution in [3.05, 3.63) is 30.1 Å². The largest absolute Gasteiger partial charge is 0.393 e. The minimum absolute atomic E-state index is 0.167. The molecule has 2 aromatic heterocycles. The number of pyridine rings is 1. The van der Waals surface area contributed by atoms with E-state index in [0.717, 1.165) is 67.9 Å². The Morgan fingerprint density at radius 1 is 1.03 bits per heavy atom. The van der Waals surface area contributed by atoms with Crippen molar-refractivity contribution in [2.45, 2.75) is 103 Å². The SMILES string of the molecule is CCC[C@H](C)Nc1ncc(-c2ccc(CC3CCCC3)cn2)c(NC2CCC(O)CC2)n1. The van der Waals surface area contributed by atoms with Crippen molar-refractivity contribution < 1.29 is 5.11 Å². The van der Waals surface area contributed by atoms with Crippen LogP contribution in [-0.4, -0.2) is 38.2 Å². The highest BCUT2D eigenvalue weighted by Crippen LogP contribution is 2.31. The summed E-state index contributed by atoms with van der Waals surface area (Å²) < 4.78 is 0. The number of anilines is 2. The fourth-order valence-corrected chi connectivity index (χ4v) is 5.14. The first-order chi connectivity index (χ1) is 15.6. The number of nitrogens with one attached hydrogen (secondary N) is 2. The van der Waals surface area contributed by atoms with Crippen LogP contribution in [0.5, 0.6) is 0 Å². The average Bonchev–Trinajstić information content (AvgIpc) is 3.30. The van der Waals surface area contributed by atoms with Crippen molar-refractivity contribution in [1.29, 1.82) is 0 Å². The minimum Gasteiger partial charge on any atom is -0.393 e. The molecule has 2 aromatic rings. The Morgan fingerprint density at radius 3 is 2.50 bits per heavy atom. The van der Waals surface area contributed by atoms with Gasteiger partial charge < -0.3 is 15.7 Å². The van der Waals surface area contributed by atoms with Gasteiger partial charge in [-0.05, 0) is 63.0 Å². The number of hydrogen-bond donors (Lipinski definition) is 3. The van der Waals surface area contributed by atoms with E-state index in [-0.39, 0.29) is 6.10 Å². The van der Waals surface area contributed by atoms with Gasteiger partial charge in [-0.15, -0.1) is 0 Å². The lowest BCUT2D eigenvalue weighted by Crippen LogP contribution is -2.29. The Hall–Kier alpha value is -2.21. The first kappa shape index (κ1) is 23.0. The lowest BCUT2D eigenvalue weighted by Gasteiger charge is -2.27. The van der Waals surface area contributed by atoms with Crippen molar-refractivity contribution in [2.24, 2.45) is 5.92 Å². The van der Waals surface area contributed by atoms with Gasteiger partial charge in [0.05, 0.1) is 17.4 Å². The van der Waals surface area contributed by atoms with E-state index in [9.17, 15) is 5.11 Å². The van der Waals surface area contributed by atoms with Crippen LogP contribution < -0.4 is 10.6 Å². The molecule has 0 aromatic carbocycles. The standard InChI is InChI=1S/C26H39N5O/c1-3-6-18(2)29-26-28-17-23(25(31-26)30-21-10-12-22(32)13-11-21)24-14-9-20(16-27-24)15-19-7-4-5-8-19/h9,14,16-19,21-22,32H,3-8,10-13,15H2,1-2H3,(H2,28,29,30,31)/t18-,21?,22?/m0/s1. The van der Waals surface area contributed by atoms with Gasteiger partial charge in [-0.1, -0.05) is 45.1 Å². The van der Waals surface area contributed by atoms with E-state index in [1.165, 1.54) is 31.2 Å². The van der Waals surface area contributed by atoms with Crippen LogP contribution in [0, 0.1) is 5.92 Å². The van der Waals surface area contributed by atoms with Crippen LogP contribution in [0.3, 0.4) is 0 Å². The molecule has 2 fully saturated rings. The van der Waals surface area contributed by atoms with Crippen molar-refractivity contribution in [3.63, 3.8) is 0 Å². The van der Waals surface area contributed by atoms with Gasteiger partial charge >= 0.3 is 0 Å². The molecule has 0 aliphatic heterocycles. The molecule has 2 aliphatic carbocycles. The normalized spacial score (nSPS) is 22.6. The minimum atomic E-state index is -0.167. The van der Waals surface area contributed by atoms with Crippen LogP contribution in [0.2, 0.25) is 0 Å². The molecule has 0 bridgehead atoms. The lowest BCUT2D eigenvalue weighted by atomic mass is 9.93. The second-order valence-electron chi connectivity index (χ2n) is 9.85. The number of aliphatic hydroxyl groups is 1. The van der Waals surface area contributed by atoms with Gasteiger partial charge in [-0.2, -0.15) is 4.98 Å². The van der Waals surface area contributed by atoms with E-state index in [0.29, 0.717) is 18.0 Å². The monoisotopic (exact) mass is 437 g/mol. The third-order valence-corrected chi connectivity index (χ3v) is 7.02. The number of aromatic nitrogens is 3. The highest BCUT2D eigenvalue weighted by molar-refractivity contribution is 5.73. The summed E-state index contributed by atoms with van der Waals surface area (Å²) in [5, 5.41) is 17.0. The third kappa shape index (κ3) is 6.18. The smallest absolute Gasteiger partial charge is 0.224 e. The van der Waals surface area contributed by atoms with Crippen LogP contribution in [0.4, 0.5) is 11.8 Å². The van der Waals surface area contributed by atoms with Gasteiger partial charge in [-0.3, -0.25) is 4.98 Å². The predicted octanol–water partition coefficient (Wildman–Crippen LogP) is 5.59. The summed E-state index contributed by atoms with van der Waals surface area (Å²) in [4.78, 5) is 14.3. The summed E-state index contributed by atoms with van der Waals surface area (Å²) in [6.45, 7) is 4.36. The Kier molecular flexibility index (Phi) is 7.95. The molecule has 6 heteroatoms. The maximum absolute atomic E-state index is 9.87. The first-order valence-electron chi connectivity index (χ1n) is 12.6. The maximum Gasteiger partial charge on any atom is 0.224 e. The summed E-state index contributed by atoms with van der Waals surface area (Å²) in [5.74, 6) is 2.31. The van der Waals surface area contributed by atoms with Crippen LogP contribution in [0.1, 0.15) is 83.6 Å². The summed E-state index contributed by atoms with van der Waals surface area (Å²) in [6.07, 6.45) is 16.1. The van der Waals surface area contributed by atoms with Crippen molar-refractivity contribution in [3.8, 4) is 11.3 Å². The van der Waals surface area contributed by atoms with E-state index in [2.05, 4.69) is 41.6 Å². The first-order valence-corrected chi connectivity index (χ1v) is 12.6. The molecule has 2 aliphatic rings. The van der Waals surface area contributed by atoms with E-state index >= 15 is 0 Å². The Balaban J connectivity index is 1.53. The fourth-order valence-electron chi connectivity index (χ4n) is 5.14. The zero-order valence-corrected chi connectivity index (χ0v) is 19.7. The average molecular weight is 438 g/mol. The van der Waals surface area contributed by atoms with Crippen molar-refractivity contribution in [1.82, 2.24) is 15.0 Å². The topological polar surface area (TPSA) is 83.0 Å². The Labute approximate surface area is 192 Å². The van der Waals surface area contributed by atoms with E-state index in [4.69, 9.17) is 9.97 Å². The number of rotatable bonds is 9. The van der Waals surface area contributed by atoms with Crippen molar-refractivity contribution >= 4 is 11.8 Å². The second kappa shape index (κ2) is 11.1. The zero-order valence-electron chi connectivity index (χ0n) is 19.7. The summed E-state index contributed by atoms with van der Waals surface area (Å²) in [6, 6.07) is 4.98. The van der Waals surface area contributed by atoms with E-state index < -0.39 is 0 Å². The molecular formula is C26H39N5O. The molecule has 2 saturated carbocycles. The molecular weight excluding hydrogens is 398 g/mol. The zero-order chi connectivity index (χ0) is 22.3. The predicted molar refractivity (Wildman–Crippen MR) is 131 cm³/mol. The van der Waals surface area contributed by atoms with Gasteiger partial charge in [0.15, 0.2) is 0 Å². The van der Waals surface area contributed by atoms with Gasteiger partial charge in [0.1, 0.15) is 5.82 Å². The molecule has 1 atom stereocenters. The van der Waals surface area contributed by atoms with Gasteiger partial charge in [-0.25, -0.2) is 4.98 Å². The summed E-state index contributed by atoms with van der Waals surface area (Å²) in [5.41, 5.74) is 3.17. The molecule has 0 saturated heterocycles. The summed E-state index contributed by atoms with van der Waals surface area (Å²) in [7, 11) is 0. The van der Waals surface area contributed by atoms with Crippen molar-refractivity contribution in [2.75, 3.05) is 10.6 Å². The molecule has 0 spiro atoms. The summed E-state index contributed by atoms with van der Waals surface area (Å²) >= 11 is 0. The van der Waals surface area contributed by atoms with Gasteiger partial charge in [0, 0.05) is 24.5 Å². The van der Waals surface area contributed by atoms with Crippen LogP contribution >= 0.6 is 0 Å². The quantitative estimate of drug-likeness (QED) is 0.474. The highest BCUT2D eigenvalue weighted by Gasteiger charge is 2.22. The molecule has 32 heavy (non-hydrogen) atoms. The molecule has 2 heterocycles. The third-order valence-electron chi connectivity index (χ3n) is 7.02. The molecule has 6 nitrogen and oxygen atoms in total. The Morgan fingerprint density at radius 2 is 1.81 bits per heavy atom. The van der Waals surface area contributed by atoms with E-state index in [1.807, 2.05) is 12.4 Å². The van der Waals surface area contributed by atoms with Crippen LogP contribution in [0.15, 0.2) is 24.5 Å². The number of nitrogens with zero attached hydrogens (tertiary/aromatic N) is 3. The van der Waals surface area contributed by atoms with Gasteiger partial charge in [0.2, 0.25) is 5.95 Å². The van der Waals surface area contributed by atoms with Crippen LogP contribution in [0.25, 0.3) is 11.3 Å². The molecule has 0 amide bonds. The fraction of sp³-hybridized carbons (Fsp3) is 0.654. The molecule has 3 N–H and O–H groups in total. The number of hydrogen-bond acceptors (Lipinski definition) is 6. The molecule has 174 valence electrons. The molecule has 0 radical (unpaired) electrons. The lowest BCUT2D eigenvalue weighted by molar-refractivity contribution is 0.126. The van der Waals surface area contributed by atoms with Crippen LogP contribution in [-0.2, 0) is 6.42 Å². The Bertz CT molecular complexity index is 842. The molecule has 4 rings (SSSR count). The van der Waals surface area contributed by atoms with Gasteiger partial charge in [0.25, 0.3) is 0 Å². The maximum atomic E-state index is 9.87. The molecule has 0 unspecified atom stereocenters.